The van der Waals surface area contributed by atoms with Crippen molar-refractivity contribution in [2.24, 2.45) is 0 Å². The lowest BCUT2D eigenvalue weighted by molar-refractivity contribution is 0.0603. The summed E-state index contributed by atoms with van der Waals surface area (Å²) in [6, 6.07) is 4.27. The molecule has 0 saturated carbocycles. The molecular formula is C14H19BFNO3. The largest absolute Gasteiger partial charge is 0.491 e. The van der Waals surface area contributed by atoms with Crippen LogP contribution in [0.1, 0.15) is 43.0 Å². The van der Waals surface area contributed by atoms with Gasteiger partial charge in [-0.1, -0.05) is 19.1 Å². The molecule has 2 N–H and O–H groups in total. The lowest BCUT2D eigenvalue weighted by atomic mass is 9.79. The third-order valence-electron chi connectivity index (χ3n) is 3.90. The molecule has 1 aliphatic rings. The Morgan fingerprint density at radius 2 is 2.20 bits per heavy atom. The maximum atomic E-state index is 14.2. The number of carbonyl (C=O) groups excluding carboxylic acids is 1. The number of nitrogens with zero attached hydrogens (tertiary/aromatic N) is 1. The standard InChI is InChI=1S/C14H19BFNO3/c1-2-10-6-3-4-9-17(10)14(18)11-7-5-8-12(13(11)16)15(19)20/h5,7-8,10,19-20H,2-4,6,9H2,1H3. The molecule has 4 nitrogen and oxygen atoms in total. The van der Waals surface area contributed by atoms with Gasteiger partial charge in [0.1, 0.15) is 5.82 Å². The van der Waals surface area contributed by atoms with Crippen LogP contribution in [0.15, 0.2) is 18.2 Å². The Kier molecular flexibility index (Phi) is 4.78. The minimum absolute atomic E-state index is 0.0871. The van der Waals surface area contributed by atoms with Crippen molar-refractivity contribution in [2.45, 2.75) is 38.6 Å². The molecule has 0 bridgehead atoms. The number of carbonyl (C=O) groups is 1. The number of rotatable bonds is 3. The Hall–Kier alpha value is -1.40. The predicted octanol–water partition coefficient (Wildman–Crippen LogP) is 0.910. The van der Waals surface area contributed by atoms with Crippen molar-refractivity contribution < 1.29 is 19.2 Å². The molecule has 20 heavy (non-hydrogen) atoms. The van der Waals surface area contributed by atoms with Crippen LogP contribution >= 0.6 is 0 Å². The molecule has 1 heterocycles. The second kappa shape index (κ2) is 6.37. The first-order valence-electron chi connectivity index (χ1n) is 7.01. The van der Waals surface area contributed by atoms with Gasteiger partial charge in [0.15, 0.2) is 0 Å². The topological polar surface area (TPSA) is 60.8 Å². The molecule has 6 heteroatoms. The smallest absolute Gasteiger partial charge is 0.423 e. The fourth-order valence-electron chi connectivity index (χ4n) is 2.76. The highest BCUT2D eigenvalue weighted by molar-refractivity contribution is 6.58. The van der Waals surface area contributed by atoms with Crippen molar-refractivity contribution in [1.29, 1.82) is 0 Å². The van der Waals surface area contributed by atoms with Crippen molar-refractivity contribution in [3.8, 4) is 0 Å². The van der Waals surface area contributed by atoms with Gasteiger partial charge < -0.3 is 14.9 Å². The van der Waals surface area contributed by atoms with Crippen LogP contribution in [0.5, 0.6) is 0 Å². The van der Waals surface area contributed by atoms with Crippen molar-refractivity contribution in [3.63, 3.8) is 0 Å². The van der Waals surface area contributed by atoms with Gasteiger partial charge in [0.25, 0.3) is 5.91 Å². The zero-order valence-electron chi connectivity index (χ0n) is 11.6. The Bertz CT molecular complexity index is 495. The van der Waals surface area contributed by atoms with E-state index in [0.29, 0.717) is 6.54 Å². The highest BCUT2D eigenvalue weighted by Gasteiger charge is 2.29. The van der Waals surface area contributed by atoms with Gasteiger partial charge in [-0.3, -0.25) is 4.79 Å². The van der Waals surface area contributed by atoms with Crippen LogP contribution in [-0.2, 0) is 0 Å². The van der Waals surface area contributed by atoms with Crippen LogP contribution in [-0.4, -0.2) is 40.6 Å². The summed E-state index contributed by atoms with van der Waals surface area (Å²) in [6.07, 6.45) is 3.79. The molecule has 1 aromatic carbocycles. The van der Waals surface area contributed by atoms with E-state index in [9.17, 15) is 9.18 Å². The fourth-order valence-corrected chi connectivity index (χ4v) is 2.76. The summed E-state index contributed by atoms with van der Waals surface area (Å²) < 4.78 is 14.2. The van der Waals surface area contributed by atoms with E-state index in [4.69, 9.17) is 10.0 Å². The monoisotopic (exact) mass is 279 g/mol. The molecule has 1 fully saturated rings. The van der Waals surface area contributed by atoms with E-state index in [-0.39, 0.29) is 23.0 Å². The molecule has 0 aliphatic carbocycles. The van der Waals surface area contributed by atoms with Gasteiger partial charge in [-0.25, -0.2) is 4.39 Å². The molecular weight excluding hydrogens is 260 g/mol. The van der Waals surface area contributed by atoms with Crippen molar-refractivity contribution in [2.75, 3.05) is 6.54 Å². The van der Waals surface area contributed by atoms with Crippen LogP contribution in [0.4, 0.5) is 4.39 Å². The summed E-state index contributed by atoms with van der Waals surface area (Å²) in [6.45, 7) is 2.64. The second-order valence-electron chi connectivity index (χ2n) is 5.14. The Balaban J connectivity index is 2.31. The highest BCUT2D eigenvalue weighted by Crippen LogP contribution is 2.22. The van der Waals surface area contributed by atoms with Crippen LogP contribution in [0, 0.1) is 5.82 Å². The average Bonchev–Trinajstić information content (AvgIpc) is 2.46. The van der Waals surface area contributed by atoms with E-state index < -0.39 is 12.9 Å². The molecule has 1 aliphatic heterocycles. The van der Waals surface area contributed by atoms with Gasteiger partial charge in [-0.05, 0) is 31.7 Å². The van der Waals surface area contributed by atoms with Crippen molar-refractivity contribution in [1.82, 2.24) is 4.90 Å². The van der Waals surface area contributed by atoms with Gasteiger partial charge in [0.2, 0.25) is 0 Å². The number of benzene rings is 1. The highest BCUT2D eigenvalue weighted by atomic mass is 19.1. The first-order valence-corrected chi connectivity index (χ1v) is 7.01. The van der Waals surface area contributed by atoms with Crippen LogP contribution in [0.2, 0.25) is 0 Å². The summed E-state index contributed by atoms with van der Waals surface area (Å²) in [4.78, 5) is 14.2. The maximum Gasteiger partial charge on any atom is 0.491 e. The van der Waals surface area contributed by atoms with Gasteiger partial charge in [-0.15, -0.1) is 0 Å². The van der Waals surface area contributed by atoms with E-state index >= 15 is 0 Å². The third kappa shape index (κ3) is 2.86. The van der Waals surface area contributed by atoms with Gasteiger partial charge in [-0.2, -0.15) is 0 Å². The van der Waals surface area contributed by atoms with Crippen molar-refractivity contribution >= 4 is 18.5 Å². The molecule has 1 atom stereocenters. The van der Waals surface area contributed by atoms with E-state index in [1.54, 1.807) is 4.90 Å². The number of likely N-dealkylation sites (tertiary alicyclic amines) is 1. The molecule has 0 aromatic heterocycles. The van der Waals surface area contributed by atoms with Gasteiger partial charge in [0, 0.05) is 18.0 Å². The SMILES string of the molecule is CCC1CCCCN1C(=O)c1cccc(B(O)O)c1F. The molecule has 0 spiro atoms. The van der Waals surface area contributed by atoms with Crippen LogP contribution in [0.3, 0.4) is 0 Å². The minimum Gasteiger partial charge on any atom is -0.423 e. The molecule has 1 saturated heterocycles. The lowest BCUT2D eigenvalue weighted by Crippen LogP contribution is -2.44. The van der Waals surface area contributed by atoms with Crippen LogP contribution in [0.25, 0.3) is 0 Å². The maximum absolute atomic E-state index is 14.2. The van der Waals surface area contributed by atoms with Crippen LogP contribution < -0.4 is 5.46 Å². The van der Waals surface area contributed by atoms with Gasteiger partial charge in [0.05, 0.1) is 5.56 Å². The Labute approximate surface area is 118 Å². The fraction of sp³-hybridized carbons (Fsp3) is 0.500. The lowest BCUT2D eigenvalue weighted by Gasteiger charge is -2.35. The van der Waals surface area contributed by atoms with E-state index in [0.717, 1.165) is 25.7 Å². The van der Waals surface area contributed by atoms with E-state index in [2.05, 4.69) is 0 Å². The Morgan fingerprint density at radius 1 is 1.45 bits per heavy atom. The number of piperidine rings is 1. The molecule has 1 unspecified atom stereocenters. The zero-order chi connectivity index (χ0) is 14.7. The average molecular weight is 279 g/mol. The van der Waals surface area contributed by atoms with Crippen molar-refractivity contribution in [3.05, 3.63) is 29.6 Å². The number of halogens is 1. The summed E-state index contributed by atoms with van der Waals surface area (Å²) in [5.74, 6) is -1.20. The first kappa shape index (κ1) is 15.0. The Morgan fingerprint density at radius 3 is 2.85 bits per heavy atom. The van der Waals surface area contributed by atoms with Gasteiger partial charge >= 0.3 is 7.12 Å². The number of hydrogen-bond acceptors (Lipinski definition) is 3. The summed E-state index contributed by atoms with van der Waals surface area (Å²) in [5.41, 5.74) is -0.350. The molecule has 108 valence electrons. The molecule has 2 rings (SSSR count). The first-order chi connectivity index (χ1) is 9.56. The third-order valence-corrected chi connectivity index (χ3v) is 3.90. The quantitative estimate of drug-likeness (QED) is 0.808. The number of amides is 1. The normalized spacial score (nSPS) is 19.0. The molecule has 1 aromatic rings. The summed E-state index contributed by atoms with van der Waals surface area (Å²) in [5, 5.41) is 18.2. The van der Waals surface area contributed by atoms with E-state index in [1.165, 1.54) is 18.2 Å². The summed E-state index contributed by atoms with van der Waals surface area (Å²) >= 11 is 0. The minimum atomic E-state index is -1.91. The molecule has 1 amide bonds. The van der Waals surface area contributed by atoms with E-state index in [1.807, 2.05) is 6.92 Å². The predicted molar refractivity (Wildman–Crippen MR) is 75.2 cm³/mol. The number of hydrogen-bond donors (Lipinski definition) is 2. The summed E-state index contributed by atoms with van der Waals surface area (Å²) in [7, 11) is -1.91. The molecule has 0 radical (unpaired) electrons. The second-order valence-corrected chi connectivity index (χ2v) is 5.14. The zero-order valence-corrected chi connectivity index (χ0v) is 11.6.